The molecule has 4 heteroatoms. The molecular formula is C14H18ClFN2. The summed E-state index contributed by atoms with van der Waals surface area (Å²) in [4.78, 5) is 2.12. The van der Waals surface area contributed by atoms with E-state index in [0.29, 0.717) is 10.7 Å². The quantitative estimate of drug-likeness (QED) is 0.887. The lowest BCUT2D eigenvalue weighted by atomic mass is 9.92. The molecular weight excluding hydrogens is 251 g/mol. The van der Waals surface area contributed by atoms with Gasteiger partial charge in [-0.25, -0.2) is 4.39 Å². The Hall–Kier alpha value is -0.800. The molecule has 1 saturated carbocycles. The highest BCUT2D eigenvalue weighted by molar-refractivity contribution is 6.30. The van der Waals surface area contributed by atoms with Crippen LogP contribution in [0.25, 0.3) is 0 Å². The predicted octanol–water partition coefficient (Wildman–Crippen LogP) is 3.06. The molecule has 2 fully saturated rings. The Morgan fingerprint density at radius 3 is 2.94 bits per heavy atom. The standard InChI is InChI=1S/C14H18ClFN2/c1-14(10-2-3-10)9-18(7-6-17-14)13-8-11(15)4-5-12(13)16/h4-5,8,10,17H,2-3,6-7,9H2,1H3. The molecule has 1 aromatic carbocycles. The highest BCUT2D eigenvalue weighted by atomic mass is 35.5. The maximum Gasteiger partial charge on any atom is 0.146 e. The largest absolute Gasteiger partial charge is 0.366 e. The maximum absolute atomic E-state index is 13.9. The minimum Gasteiger partial charge on any atom is -0.366 e. The molecule has 1 heterocycles. The van der Waals surface area contributed by atoms with Gasteiger partial charge in [-0.1, -0.05) is 11.6 Å². The van der Waals surface area contributed by atoms with Crippen molar-refractivity contribution in [2.24, 2.45) is 5.92 Å². The fraction of sp³-hybridized carbons (Fsp3) is 0.571. The van der Waals surface area contributed by atoms with Crippen LogP contribution in [-0.2, 0) is 0 Å². The van der Waals surface area contributed by atoms with Crippen LogP contribution in [0.15, 0.2) is 18.2 Å². The summed E-state index contributed by atoms with van der Waals surface area (Å²) in [5, 5.41) is 4.19. The Bertz CT molecular complexity index is 461. The summed E-state index contributed by atoms with van der Waals surface area (Å²) < 4.78 is 13.9. The van der Waals surface area contributed by atoms with E-state index in [1.54, 1.807) is 12.1 Å². The van der Waals surface area contributed by atoms with Crippen LogP contribution in [0.4, 0.5) is 10.1 Å². The SMILES string of the molecule is CC1(C2CC2)CN(c2cc(Cl)ccc2F)CCN1. The van der Waals surface area contributed by atoms with E-state index in [2.05, 4.69) is 17.1 Å². The van der Waals surface area contributed by atoms with Gasteiger partial charge in [0, 0.05) is 30.2 Å². The summed E-state index contributed by atoms with van der Waals surface area (Å²) in [5.74, 6) is 0.557. The van der Waals surface area contributed by atoms with Gasteiger partial charge in [0.05, 0.1) is 5.69 Å². The van der Waals surface area contributed by atoms with Gasteiger partial charge in [0.1, 0.15) is 5.82 Å². The van der Waals surface area contributed by atoms with E-state index in [1.807, 2.05) is 0 Å². The van der Waals surface area contributed by atoms with Crippen LogP contribution < -0.4 is 10.2 Å². The Kier molecular flexibility index (Phi) is 2.99. The van der Waals surface area contributed by atoms with Gasteiger partial charge in [-0.2, -0.15) is 0 Å². The van der Waals surface area contributed by atoms with Crippen molar-refractivity contribution in [1.82, 2.24) is 5.32 Å². The lowest BCUT2D eigenvalue weighted by molar-refractivity contribution is 0.284. The van der Waals surface area contributed by atoms with Gasteiger partial charge in [-0.05, 0) is 43.9 Å². The van der Waals surface area contributed by atoms with Gasteiger partial charge >= 0.3 is 0 Å². The molecule has 1 aliphatic carbocycles. The number of hydrogen-bond donors (Lipinski definition) is 1. The van der Waals surface area contributed by atoms with Crippen molar-refractivity contribution in [2.45, 2.75) is 25.3 Å². The van der Waals surface area contributed by atoms with Crippen LogP contribution in [0.2, 0.25) is 5.02 Å². The molecule has 0 radical (unpaired) electrons. The van der Waals surface area contributed by atoms with Gasteiger partial charge in [-0.15, -0.1) is 0 Å². The van der Waals surface area contributed by atoms with Crippen LogP contribution in [-0.4, -0.2) is 25.2 Å². The van der Waals surface area contributed by atoms with Crippen molar-refractivity contribution in [2.75, 3.05) is 24.5 Å². The van der Waals surface area contributed by atoms with E-state index in [9.17, 15) is 4.39 Å². The molecule has 1 aromatic rings. The zero-order valence-corrected chi connectivity index (χ0v) is 11.3. The molecule has 2 nitrogen and oxygen atoms in total. The number of hydrogen-bond acceptors (Lipinski definition) is 2. The number of nitrogens with zero attached hydrogens (tertiary/aromatic N) is 1. The van der Waals surface area contributed by atoms with E-state index in [4.69, 9.17) is 11.6 Å². The van der Waals surface area contributed by atoms with Gasteiger partial charge in [-0.3, -0.25) is 0 Å². The topological polar surface area (TPSA) is 15.3 Å². The summed E-state index contributed by atoms with van der Waals surface area (Å²) in [7, 11) is 0. The summed E-state index contributed by atoms with van der Waals surface area (Å²) in [6.07, 6.45) is 2.57. The van der Waals surface area contributed by atoms with E-state index in [1.165, 1.54) is 18.9 Å². The molecule has 0 bridgehead atoms. The molecule has 98 valence electrons. The van der Waals surface area contributed by atoms with Crippen molar-refractivity contribution >= 4 is 17.3 Å². The van der Waals surface area contributed by atoms with Crippen LogP contribution in [0.3, 0.4) is 0 Å². The lowest BCUT2D eigenvalue weighted by Crippen LogP contribution is -2.60. The molecule has 0 amide bonds. The molecule has 0 spiro atoms. The fourth-order valence-corrected chi connectivity index (χ4v) is 3.10. The van der Waals surface area contributed by atoms with Gasteiger partial charge in [0.15, 0.2) is 0 Å². The zero-order chi connectivity index (χ0) is 12.8. The Balaban J connectivity index is 1.85. The zero-order valence-electron chi connectivity index (χ0n) is 10.5. The predicted molar refractivity (Wildman–Crippen MR) is 72.8 cm³/mol. The van der Waals surface area contributed by atoms with Crippen molar-refractivity contribution in [3.05, 3.63) is 29.0 Å². The van der Waals surface area contributed by atoms with Gasteiger partial charge in [0.2, 0.25) is 0 Å². The van der Waals surface area contributed by atoms with Crippen molar-refractivity contribution in [3.63, 3.8) is 0 Å². The minimum atomic E-state index is -0.181. The van der Waals surface area contributed by atoms with Crippen molar-refractivity contribution in [1.29, 1.82) is 0 Å². The summed E-state index contributed by atoms with van der Waals surface area (Å²) in [6.45, 7) is 4.84. The number of anilines is 1. The summed E-state index contributed by atoms with van der Waals surface area (Å²) in [5.41, 5.74) is 0.753. The molecule has 2 aliphatic rings. The maximum atomic E-state index is 13.9. The van der Waals surface area contributed by atoms with Crippen LogP contribution >= 0.6 is 11.6 Å². The number of halogens is 2. The molecule has 1 saturated heterocycles. The second kappa shape index (κ2) is 4.39. The third kappa shape index (κ3) is 2.21. The summed E-state index contributed by atoms with van der Waals surface area (Å²) in [6, 6.07) is 4.78. The Morgan fingerprint density at radius 2 is 2.22 bits per heavy atom. The van der Waals surface area contributed by atoms with E-state index >= 15 is 0 Å². The average Bonchev–Trinajstić information content (AvgIpc) is 3.17. The number of nitrogens with one attached hydrogen (secondary N) is 1. The average molecular weight is 269 g/mol. The monoisotopic (exact) mass is 268 g/mol. The lowest BCUT2D eigenvalue weighted by Gasteiger charge is -2.43. The molecule has 0 aromatic heterocycles. The molecule has 1 unspecified atom stereocenters. The Morgan fingerprint density at radius 1 is 1.44 bits per heavy atom. The highest BCUT2D eigenvalue weighted by Crippen LogP contribution is 2.41. The van der Waals surface area contributed by atoms with E-state index in [-0.39, 0.29) is 11.4 Å². The first-order valence-electron chi connectivity index (χ1n) is 6.53. The normalized spacial score (nSPS) is 28.5. The highest BCUT2D eigenvalue weighted by Gasteiger charge is 2.44. The summed E-state index contributed by atoms with van der Waals surface area (Å²) >= 11 is 5.97. The Labute approximate surface area is 112 Å². The van der Waals surface area contributed by atoms with Gasteiger partial charge < -0.3 is 10.2 Å². The first-order valence-corrected chi connectivity index (χ1v) is 6.91. The van der Waals surface area contributed by atoms with Crippen LogP contribution in [0.1, 0.15) is 19.8 Å². The number of benzene rings is 1. The van der Waals surface area contributed by atoms with Crippen LogP contribution in [0.5, 0.6) is 0 Å². The van der Waals surface area contributed by atoms with Crippen LogP contribution in [0, 0.1) is 11.7 Å². The third-order valence-corrected chi connectivity index (χ3v) is 4.39. The van der Waals surface area contributed by atoms with E-state index < -0.39 is 0 Å². The van der Waals surface area contributed by atoms with Crippen molar-refractivity contribution in [3.8, 4) is 0 Å². The van der Waals surface area contributed by atoms with Gasteiger partial charge in [0.25, 0.3) is 0 Å². The first kappa shape index (κ1) is 12.2. The number of rotatable bonds is 2. The molecule has 1 atom stereocenters. The first-order chi connectivity index (χ1) is 8.58. The number of piperazine rings is 1. The van der Waals surface area contributed by atoms with Crippen molar-refractivity contribution < 1.29 is 4.39 Å². The fourth-order valence-electron chi connectivity index (χ4n) is 2.94. The second-order valence-corrected chi connectivity index (χ2v) is 6.07. The smallest absolute Gasteiger partial charge is 0.146 e. The minimum absolute atomic E-state index is 0.118. The molecule has 1 N–H and O–H groups in total. The second-order valence-electron chi connectivity index (χ2n) is 5.64. The molecule has 3 rings (SSSR count). The molecule has 18 heavy (non-hydrogen) atoms. The third-order valence-electron chi connectivity index (χ3n) is 4.16. The molecule has 1 aliphatic heterocycles. The van der Waals surface area contributed by atoms with E-state index in [0.717, 1.165) is 25.6 Å².